The molecule has 4 rings (SSSR count). The van der Waals surface area contributed by atoms with Gasteiger partial charge in [0, 0.05) is 18.9 Å². The Morgan fingerprint density at radius 3 is 2.00 bits per heavy atom. The number of fused-ring (bicyclic) bond motifs is 3. The molecule has 2 aromatic rings. The van der Waals surface area contributed by atoms with Crippen LogP contribution in [-0.4, -0.2) is 126 Å². The minimum atomic E-state index is -1.42. The van der Waals surface area contributed by atoms with Crippen LogP contribution in [0.1, 0.15) is 70.9 Å². The molecule has 7 atom stereocenters. The van der Waals surface area contributed by atoms with Crippen LogP contribution >= 0.6 is 0 Å². The number of ether oxygens (including phenoxy) is 3. The third kappa shape index (κ3) is 12.4. The van der Waals surface area contributed by atoms with E-state index in [9.17, 15) is 48.9 Å². The number of amides is 6. The lowest BCUT2D eigenvalue weighted by molar-refractivity contribution is -0.150. The smallest absolute Gasteiger partial charge is 0.407 e. The molecule has 0 unspecified atom stereocenters. The third-order valence-electron chi connectivity index (χ3n) is 10.4. The van der Waals surface area contributed by atoms with Crippen LogP contribution in [0.15, 0.2) is 48.5 Å². The van der Waals surface area contributed by atoms with Crippen molar-refractivity contribution in [3.05, 3.63) is 59.7 Å². The van der Waals surface area contributed by atoms with Crippen molar-refractivity contribution in [3.8, 4) is 11.1 Å². The molecule has 6 amide bonds. The first-order valence-electron chi connectivity index (χ1n) is 19.7. The third-order valence-corrected chi connectivity index (χ3v) is 10.4. The lowest BCUT2D eigenvalue weighted by Gasteiger charge is -2.26. The maximum absolute atomic E-state index is 13.8. The molecule has 1 aliphatic carbocycles. The normalized spacial score (nSPS) is 19.9. The van der Waals surface area contributed by atoms with Gasteiger partial charge in [-0.25, -0.2) is 4.79 Å². The van der Waals surface area contributed by atoms with E-state index in [0.29, 0.717) is 0 Å². The Labute approximate surface area is 347 Å². The zero-order valence-electron chi connectivity index (χ0n) is 34.3. The number of carbonyl (C=O) groups is 7. The van der Waals surface area contributed by atoms with Crippen LogP contribution in [0.4, 0.5) is 4.79 Å². The fourth-order valence-corrected chi connectivity index (χ4v) is 6.79. The van der Waals surface area contributed by atoms with E-state index in [-0.39, 0.29) is 51.7 Å². The van der Waals surface area contributed by atoms with Crippen LogP contribution in [-0.2, 0) is 43.0 Å². The number of aliphatic carboxylic acids is 1. The maximum Gasteiger partial charge on any atom is 0.407 e. The van der Waals surface area contributed by atoms with Crippen LogP contribution in [0.25, 0.3) is 11.1 Å². The number of carboxylic acids is 1. The number of aliphatic hydroxyl groups is 2. The van der Waals surface area contributed by atoms with Gasteiger partial charge in [-0.1, -0.05) is 62.4 Å². The van der Waals surface area contributed by atoms with Gasteiger partial charge >= 0.3 is 12.1 Å². The molecule has 328 valence electrons. The first kappa shape index (κ1) is 47.1. The Morgan fingerprint density at radius 1 is 0.817 bits per heavy atom. The van der Waals surface area contributed by atoms with Gasteiger partial charge in [-0.3, -0.25) is 28.8 Å². The fraction of sp³-hybridized carbons (Fsp3) is 0.537. The number of hydrogen-bond donors (Lipinski definition) is 9. The van der Waals surface area contributed by atoms with E-state index in [1.54, 1.807) is 13.8 Å². The van der Waals surface area contributed by atoms with Gasteiger partial charge in [0.2, 0.25) is 29.5 Å². The molecular weight excluding hydrogens is 784 g/mol. The average molecular weight is 841 g/mol. The molecule has 1 aliphatic heterocycles. The predicted octanol–water partition coefficient (Wildman–Crippen LogP) is 0.00130. The van der Waals surface area contributed by atoms with E-state index in [0.717, 1.165) is 22.3 Å². The number of carbonyl (C=O) groups excluding carboxylic acids is 6. The summed E-state index contributed by atoms with van der Waals surface area (Å²) in [7, 11) is 0. The van der Waals surface area contributed by atoms with Gasteiger partial charge in [-0.2, -0.15) is 0 Å². The molecule has 0 spiro atoms. The minimum absolute atomic E-state index is 0.0691. The standard InChI is InChI=1S/C41H56N6O13/c1-21(2)33(38(54)45-22(3)36(52)44-20-58-19-41(4,5)39(55)56)47-37(53)28(14-15-32(49)43-17-30-35(51)34(50)29(60-30)16-31(42)48)46-40(57)59-18-27-25-12-8-6-10-23(25)24-11-7-9-13-26(24)27/h6-13,21-22,27-30,33-35,50-51H,14-20H2,1-5H3,(H2,42,48)(H,43,49)(H,44,52)(H,45,54)(H,46,57)(H,47,53)(H,55,56)/t22-,28-,29+,30-,33-,34+,35-/m0/s1. The quantitative estimate of drug-likeness (QED) is 0.0592. The number of primary amides is 1. The average Bonchev–Trinajstić information content (AvgIpc) is 3.66. The van der Waals surface area contributed by atoms with Crippen LogP contribution in [0.5, 0.6) is 0 Å². The van der Waals surface area contributed by atoms with Gasteiger partial charge < -0.3 is 61.8 Å². The molecule has 10 N–H and O–H groups in total. The van der Waals surface area contributed by atoms with Gasteiger partial charge in [0.25, 0.3) is 0 Å². The van der Waals surface area contributed by atoms with Crippen LogP contribution in [0.2, 0.25) is 0 Å². The molecule has 19 heteroatoms. The summed E-state index contributed by atoms with van der Waals surface area (Å²) in [6.45, 7) is 6.81. The summed E-state index contributed by atoms with van der Waals surface area (Å²) in [5.41, 5.74) is 7.95. The Bertz CT molecular complexity index is 1840. The molecule has 2 aliphatic rings. The molecule has 0 aromatic heterocycles. The van der Waals surface area contributed by atoms with E-state index >= 15 is 0 Å². The molecule has 2 aromatic carbocycles. The lowest BCUT2D eigenvalue weighted by Crippen LogP contribution is -2.58. The topological polar surface area (TPSA) is 294 Å². The Morgan fingerprint density at radius 2 is 1.42 bits per heavy atom. The molecule has 1 fully saturated rings. The lowest BCUT2D eigenvalue weighted by atomic mass is 9.95. The van der Waals surface area contributed by atoms with Gasteiger partial charge in [-0.15, -0.1) is 0 Å². The van der Waals surface area contributed by atoms with Crippen molar-refractivity contribution in [3.63, 3.8) is 0 Å². The molecule has 19 nitrogen and oxygen atoms in total. The summed E-state index contributed by atoms with van der Waals surface area (Å²) in [5.74, 6) is -5.43. The molecular formula is C41H56N6O13. The van der Waals surface area contributed by atoms with Crippen molar-refractivity contribution in [2.45, 2.75) is 102 Å². The zero-order valence-corrected chi connectivity index (χ0v) is 34.3. The highest BCUT2D eigenvalue weighted by atomic mass is 16.6. The fourth-order valence-electron chi connectivity index (χ4n) is 6.79. The minimum Gasteiger partial charge on any atom is -0.481 e. The first-order chi connectivity index (χ1) is 28.3. The molecule has 60 heavy (non-hydrogen) atoms. The number of rotatable bonds is 21. The number of carboxylic acid groups (broad SMARTS) is 1. The van der Waals surface area contributed by atoms with Crippen molar-refractivity contribution in [1.82, 2.24) is 26.6 Å². The maximum atomic E-state index is 13.8. The summed E-state index contributed by atoms with van der Waals surface area (Å²) in [4.78, 5) is 88.9. The second-order valence-corrected chi connectivity index (χ2v) is 15.9. The molecule has 0 bridgehead atoms. The van der Waals surface area contributed by atoms with E-state index in [1.165, 1.54) is 20.8 Å². The van der Waals surface area contributed by atoms with Crippen LogP contribution in [0.3, 0.4) is 0 Å². The van der Waals surface area contributed by atoms with E-state index in [4.69, 9.17) is 19.9 Å². The number of aliphatic hydroxyl groups excluding tert-OH is 2. The summed E-state index contributed by atoms with van der Waals surface area (Å²) in [6.07, 6.45) is -6.85. The zero-order chi connectivity index (χ0) is 44.3. The first-order valence-corrected chi connectivity index (χ1v) is 19.7. The number of alkyl carbamates (subject to hydrolysis) is 1. The highest BCUT2D eigenvalue weighted by Gasteiger charge is 2.43. The van der Waals surface area contributed by atoms with Crippen LogP contribution < -0.4 is 32.3 Å². The summed E-state index contributed by atoms with van der Waals surface area (Å²) in [5, 5.41) is 42.5. The number of nitrogens with two attached hydrogens (primary N) is 1. The Balaban J connectivity index is 1.40. The van der Waals surface area contributed by atoms with Crippen molar-refractivity contribution < 1.29 is 63.1 Å². The highest BCUT2D eigenvalue weighted by molar-refractivity contribution is 5.94. The van der Waals surface area contributed by atoms with Gasteiger partial charge in [0.1, 0.15) is 49.8 Å². The molecule has 0 saturated carbocycles. The number of benzene rings is 2. The second kappa shape index (κ2) is 21.1. The van der Waals surface area contributed by atoms with Gasteiger partial charge in [0.05, 0.1) is 24.5 Å². The van der Waals surface area contributed by atoms with Crippen molar-refractivity contribution in [1.29, 1.82) is 0 Å². The van der Waals surface area contributed by atoms with Gasteiger partial charge in [0.15, 0.2) is 0 Å². The SMILES string of the molecule is CC(C)[C@H](NC(=O)[C@H](CCC(=O)NC[C@@H]1O[C@H](CC(N)=O)[C@@H](O)[C@H]1O)NC(=O)OCC1c2ccccc2-c2ccccc21)C(=O)N[C@@H](C)C(=O)NCOCC(C)(C)C(=O)O. The second-order valence-electron chi connectivity index (χ2n) is 15.9. The monoisotopic (exact) mass is 840 g/mol. The number of nitrogens with one attached hydrogen (secondary N) is 5. The van der Waals surface area contributed by atoms with E-state index < -0.39 is 95.5 Å². The van der Waals surface area contributed by atoms with Gasteiger partial charge in [-0.05, 0) is 55.4 Å². The predicted molar refractivity (Wildman–Crippen MR) is 213 cm³/mol. The summed E-state index contributed by atoms with van der Waals surface area (Å²) < 4.78 is 16.4. The summed E-state index contributed by atoms with van der Waals surface area (Å²) >= 11 is 0. The molecule has 1 saturated heterocycles. The largest absolute Gasteiger partial charge is 0.481 e. The molecule has 0 radical (unpaired) electrons. The van der Waals surface area contributed by atoms with E-state index in [1.807, 2.05) is 48.5 Å². The number of hydrogen-bond acceptors (Lipinski definition) is 12. The van der Waals surface area contributed by atoms with Crippen LogP contribution in [0, 0.1) is 11.3 Å². The Hall–Kier alpha value is -5.63. The Kier molecular flexibility index (Phi) is 16.5. The highest BCUT2D eigenvalue weighted by Crippen LogP contribution is 2.44. The summed E-state index contributed by atoms with van der Waals surface area (Å²) in [6, 6.07) is 11.8. The van der Waals surface area contributed by atoms with Crippen molar-refractivity contribution in [2.24, 2.45) is 17.1 Å². The molecule has 1 heterocycles. The van der Waals surface area contributed by atoms with E-state index in [2.05, 4.69) is 26.6 Å². The van der Waals surface area contributed by atoms with Crippen molar-refractivity contribution in [2.75, 3.05) is 26.5 Å². The van der Waals surface area contributed by atoms with Crippen molar-refractivity contribution >= 4 is 41.6 Å².